The van der Waals surface area contributed by atoms with E-state index in [4.69, 9.17) is 18.9 Å². The number of quaternary nitrogens is 1. The van der Waals surface area contributed by atoms with Crippen molar-refractivity contribution in [3.63, 3.8) is 0 Å². The third-order valence-corrected chi connectivity index (χ3v) is 12.6. The van der Waals surface area contributed by atoms with Crippen LogP contribution >= 0.6 is 0 Å². The quantitative estimate of drug-likeness (QED) is 0.0211. The Labute approximate surface area is 454 Å². The Bertz CT molecular complexity index is 1530. The molecule has 0 bridgehead atoms. The first kappa shape index (κ1) is 70.2. The zero-order chi connectivity index (χ0) is 54.1. The van der Waals surface area contributed by atoms with Crippen molar-refractivity contribution in [3.05, 3.63) is 97.2 Å². The predicted molar refractivity (Wildman–Crippen MR) is 313 cm³/mol. The molecule has 1 N–H and O–H groups in total. The summed E-state index contributed by atoms with van der Waals surface area (Å²) in [4.78, 5) is 37.4. The molecule has 0 saturated carbocycles. The molecule has 0 spiro atoms. The average Bonchev–Trinajstić information content (AvgIpc) is 3.37. The molecule has 0 radical (unpaired) electrons. The number of nitrogens with zero attached hydrogens (tertiary/aromatic N) is 1. The van der Waals surface area contributed by atoms with Gasteiger partial charge >= 0.3 is 17.9 Å². The maximum Gasteiger partial charge on any atom is 0.361 e. The molecular weight excluding hydrogens is 923 g/mol. The maximum atomic E-state index is 12.9. The summed E-state index contributed by atoms with van der Waals surface area (Å²) in [7, 11) is 5.96. The van der Waals surface area contributed by atoms with E-state index in [-0.39, 0.29) is 32.2 Å². The van der Waals surface area contributed by atoms with Gasteiger partial charge in [-0.15, -0.1) is 0 Å². The number of ether oxygens (including phenoxy) is 4. The van der Waals surface area contributed by atoms with E-state index in [0.717, 1.165) is 96.3 Å². The van der Waals surface area contributed by atoms with Crippen LogP contribution in [0.2, 0.25) is 0 Å². The van der Waals surface area contributed by atoms with Crippen LogP contribution in [0.3, 0.4) is 0 Å². The predicted octanol–water partition coefficient (Wildman–Crippen LogP) is 17.7. The van der Waals surface area contributed by atoms with Gasteiger partial charge in [-0.3, -0.25) is 9.59 Å². The Morgan fingerprint density at radius 1 is 0.419 bits per heavy atom. The van der Waals surface area contributed by atoms with Crippen LogP contribution in [0.1, 0.15) is 239 Å². The van der Waals surface area contributed by atoms with Gasteiger partial charge in [0, 0.05) is 12.8 Å². The second-order valence-corrected chi connectivity index (χ2v) is 20.9. The molecule has 2 unspecified atom stereocenters. The fourth-order valence-corrected chi connectivity index (χ4v) is 8.03. The molecule has 2 atom stereocenters. The molecule has 0 aromatic rings. The largest absolute Gasteiger partial charge is 0.477 e. The second-order valence-electron chi connectivity index (χ2n) is 20.9. The Hall–Kier alpha value is -3.79. The van der Waals surface area contributed by atoms with Gasteiger partial charge in [0.1, 0.15) is 13.2 Å². The van der Waals surface area contributed by atoms with Crippen LogP contribution in [0.4, 0.5) is 0 Å². The number of unbranched alkanes of at least 4 members (excludes halogenated alkanes) is 23. The number of allylic oxidation sites excluding steroid dienone is 16. The van der Waals surface area contributed by atoms with E-state index in [2.05, 4.69) is 111 Å². The summed E-state index contributed by atoms with van der Waals surface area (Å²) in [6, 6.07) is 0. The Morgan fingerprint density at radius 3 is 1.15 bits per heavy atom. The van der Waals surface area contributed by atoms with Crippen molar-refractivity contribution in [1.29, 1.82) is 0 Å². The van der Waals surface area contributed by atoms with Gasteiger partial charge < -0.3 is 28.5 Å². The third-order valence-electron chi connectivity index (χ3n) is 12.6. The highest BCUT2D eigenvalue weighted by molar-refractivity contribution is 5.71. The molecule has 424 valence electrons. The van der Waals surface area contributed by atoms with Crippen LogP contribution in [-0.4, -0.2) is 87.4 Å². The van der Waals surface area contributed by atoms with Gasteiger partial charge in [0.2, 0.25) is 0 Å². The number of esters is 2. The Morgan fingerprint density at radius 2 is 0.770 bits per heavy atom. The zero-order valence-electron chi connectivity index (χ0n) is 48.2. The molecule has 0 fully saturated rings. The highest BCUT2D eigenvalue weighted by atomic mass is 16.7. The number of carboxylic acids is 1. The van der Waals surface area contributed by atoms with Crippen molar-refractivity contribution in [1.82, 2.24) is 0 Å². The minimum Gasteiger partial charge on any atom is -0.477 e. The average molecular weight is 1040 g/mol. The van der Waals surface area contributed by atoms with E-state index in [9.17, 15) is 19.5 Å². The molecule has 0 rings (SSSR count). The van der Waals surface area contributed by atoms with Crippen LogP contribution in [0.5, 0.6) is 0 Å². The van der Waals surface area contributed by atoms with Crippen molar-refractivity contribution in [3.8, 4) is 0 Å². The SMILES string of the molecule is CC/C=C\C/C=C\C/C=C\C/C=C\C/C=C\C/C=C\C/C=C\C/C=C\CCCCCCCCCCC(=O)OC(COC(=O)CCCCCCCCCCCCCCCCCC)COC(OCC[N+](C)(C)C)C(=O)O. The number of hydrogen-bond acceptors (Lipinski definition) is 7. The lowest BCUT2D eigenvalue weighted by Gasteiger charge is -2.25. The lowest BCUT2D eigenvalue weighted by molar-refractivity contribution is -0.870. The molecule has 0 aliphatic carbocycles. The molecule has 9 heteroatoms. The number of aliphatic carboxylic acids is 1. The minimum atomic E-state index is -1.52. The topological polar surface area (TPSA) is 108 Å². The van der Waals surface area contributed by atoms with Gasteiger partial charge in [0.15, 0.2) is 6.10 Å². The molecule has 0 saturated heterocycles. The van der Waals surface area contributed by atoms with Crippen molar-refractivity contribution in [2.75, 3.05) is 47.5 Å². The molecule has 0 aromatic heterocycles. The number of hydrogen-bond donors (Lipinski definition) is 1. The van der Waals surface area contributed by atoms with Gasteiger partial charge in [-0.05, 0) is 77.0 Å². The summed E-state index contributed by atoms with van der Waals surface area (Å²) in [5.41, 5.74) is 0. The van der Waals surface area contributed by atoms with Gasteiger partial charge in [0.25, 0.3) is 6.29 Å². The van der Waals surface area contributed by atoms with Gasteiger partial charge in [0.05, 0.1) is 34.4 Å². The molecule has 0 aromatic carbocycles. The van der Waals surface area contributed by atoms with E-state index in [1.54, 1.807) is 0 Å². The summed E-state index contributed by atoms with van der Waals surface area (Å²) in [5.74, 6) is -2.02. The standard InChI is InChI=1S/C65H111NO8/c1-6-8-10-12-14-16-18-20-22-24-25-26-27-28-29-30-31-32-33-34-35-36-37-38-39-40-42-44-46-48-50-52-54-56-63(68)74-61(60-73-65(64(69)70)71-58-57-66(3,4)5)59-72-62(67)55-53-51-49-47-45-43-41-23-21-19-17-15-13-11-9-7-2/h8,10,14,16,20,22,25-26,28-29,31-32,34-35,37-38,61,65H,6-7,9,11-13,15,17-19,21,23-24,27,30,33,36,39-60H2,1-5H3/p+1/b10-8-,16-14-,22-20-,26-25-,29-28-,32-31-,35-34-,38-37-. The number of carboxylic acid groups (broad SMARTS) is 1. The number of carbonyl (C=O) groups is 3. The van der Waals surface area contributed by atoms with Crippen LogP contribution in [0.15, 0.2) is 97.2 Å². The van der Waals surface area contributed by atoms with Gasteiger partial charge in [-0.2, -0.15) is 0 Å². The van der Waals surface area contributed by atoms with E-state index >= 15 is 0 Å². The number of likely N-dealkylation sites (N-methyl/N-ethyl adjacent to an activating group) is 1. The van der Waals surface area contributed by atoms with E-state index in [0.29, 0.717) is 23.9 Å². The van der Waals surface area contributed by atoms with E-state index < -0.39 is 24.3 Å². The van der Waals surface area contributed by atoms with Crippen molar-refractivity contribution >= 4 is 17.9 Å². The highest BCUT2D eigenvalue weighted by Crippen LogP contribution is 2.16. The van der Waals surface area contributed by atoms with E-state index in [1.807, 2.05) is 21.1 Å². The first-order valence-corrected chi connectivity index (χ1v) is 29.9. The fourth-order valence-electron chi connectivity index (χ4n) is 8.03. The lowest BCUT2D eigenvalue weighted by Crippen LogP contribution is -2.40. The highest BCUT2D eigenvalue weighted by Gasteiger charge is 2.25. The Balaban J connectivity index is 4.23. The molecule has 0 aliphatic heterocycles. The summed E-state index contributed by atoms with van der Waals surface area (Å²) < 4.78 is 22.9. The summed E-state index contributed by atoms with van der Waals surface area (Å²) in [5, 5.41) is 9.70. The number of rotatable bonds is 54. The van der Waals surface area contributed by atoms with Crippen LogP contribution in [-0.2, 0) is 33.3 Å². The molecule has 0 aliphatic rings. The van der Waals surface area contributed by atoms with E-state index in [1.165, 1.54) is 109 Å². The summed E-state index contributed by atoms with van der Waals surface area (Å²) >= 11 is 0. The van der Waals surface area contributed by atoms with Crippen LogP contribution < -0.4 is 0 Å². The fraction of sp³-hybridized carbons (Fsp3) is 0.708. The van der Waals surface area contributed by atoms with Crippen molar-refractivity contribution in [2.45, 2.75) is 251 Å². The lowest BCUT2D eigenvalue weighted by atomic mass is 10.0. The normalized spacial score (nSPS) is 13.5. The minimum absolute atomic E-state index is 0.183. The molecule has 0 heterocycles. The molecule has 0 amide bonds. The molecule has 9 nitrogen and oxygen atoms in total. The summed E-state index contributed by atoms with van der Waals surface area (Å²) in [6.45, 7) is 4.76. The Kier molecular flexibility index (Phi) is 52.6. The monoisotopic (exact) mass is 1030 g/mol. The third kappa shape index (κ3) is 55.9. The smallest absolute Gasteiger partial charge is 0.361 e. The van der Waals surface area contributed by atoms with Crippen molar-refractivity contribution in [2.24, 2.45) is 0 Å². The molecule has 74 heavy (non-hydrogen) atoms. The first-order valence-electron chi connectivity index (χ1n) is 29.9. The maximum absolute atomic E-state index is 12.9. The van der Waals surface area contributed by atoms with Crippen molar-refractivity contribution < 1.29 is 42.9 Å². The zero-order valence-corrected chi connectivity index (χ0v) is 48.2. The number of carbonyl (C=O) groups excluding carboxylic acids is 2. The first-order chi connectivity index (χ1) is 36.1. The van der Waals surface area contributed by atoms with Gasteiger partial charge in [-0.25, -0.2) is 4.79 Å². The second kappa shape index (κ2) is 55.4. The van der Waals surface area contributed by atoms with Gasteiger partial charge in [-0.1, -0.05) is 246 Å². The van der Waals surface area contributed by atoms with Crippen LogP contribution in [0, 0.1) is 0 Å². The molecular formula is C65H112NO8+. The summed E-state index contributed by atoms with van der Waals surface area (Å²) in [6.07, 6.45) is 72.0. The van der Waals surface area contributed by atoms with Crippen LogP contribution in [0.25, 0.3) is 0 Å².